The summed E-state index contributed by atoms with van der Waals surface area (Å²) in [7, 11) is 3.13. The normalized spacial score (nSPS) is 39.7. The molecule has 2 heterocycles. The van der Waals surface area contributed by atoms with E-state index in [1.165, 1.54) is 11.8 Å². The van der Waals surface area contributed by atoms with Gasteiger partial charge in [-0.25, -0.2) is 4.99 Å². The maximum absolute atomic E-state index is 10.3. The number of amidine groups is 1. The molecular weight excluding hydrogens is 352 g/mol. The largest absolute Gasteiger partial charge is 0.497 e. The maximum Gasteiger partial charge on any atom is 0.278 e. The third kappa shape index (κ3) is 1.41. The number of methoxy groups -OCH3 is 2. The molecule has 2 aliphatic heterocycles. The summed E-state index contributed by atoms with van der Waals surface area (Å²) < 4.78 is 16.9. The van der Waals surface area contributed by atoms with Crippen molar-refractivity contribution in [3.8, 4) is 23.6 Å². The molecule has 3 N–H and O–H groups in total. The Hall–Kier alpha value is -2.42. The molecule has 8 heteroatoms. The SMILES string of the molecule is COc1ccc(OC)c([C@@]2(C)[C@]3(C#N)C(N)=[NH+][C@@]4(OCCS4)[C@@]32C#N)c1. The van der Waals surface area contributed by atoms with Crippen LogP contribution in [0, 0.1) is 33.5 Å². The summed E-state index contributed by atoms with van der Waals surface area (Å²) in [5.74, 6) is 2.19. The zero-order valence-electron chi connectivity index (χ0n) is 14.8. The van der Waals surface area contributed by atoms with E-state index in [2.05, 4.69) is 17.1 Å². The standard InChI is InChI=1S/C18H18N4O3S/c1-15(12-8-11(23-2)4-5-13(12)24-3)16(9-19)14(21)22-18(17(15,16)10-20)25-6-7-26-18/h4-5,8H,6-7H2,1-3H3,(H2,21,22)/p+1/t15-,16-,17+,18+/m0/s1. The number of nitrogens with two attached hydrogens (primary N) is 1. The quantitative estimate of drug-likeness (QED) is 0.760. The number of rotatable bonds is 3. The zero-order chi connectivity index (χ0) is 18.8. The Labute approximate surface area is 155 Å². The first-order valence-electron chi connectivity index (χ1n) is 8.18. The first-order chi connectivity index (χ1) is 12.4. The molecule has 0 radical (unpaired) electrons. The summed E-state index contributed by atoms with van der Waals surface area (Å²) in [4.78, 5) is 3.12. The van der Waals surface area contributed by atoms with E-state index < -0.39 is 21.3 Å². The van der Waals surface area contributed by atoms with Crippen molar-refractivity contribution in [2.24, 2.45) is 16.6 Å². The fourth-order valence-corrected chi connectivity index (χ4v) is 6.39. The molecule has 1 saturated carbocycles. The molecule has 1 aromatic carbocycles. The van der Waals surface area contributed by atoms with Crippen LogP contribution in [0.25, 0.3) is 0 Å². The summed E-state index contributed by atoms with van der Waals surface area (Å²) >= 11 is 1.48. The number of thioether (sulfide) groups is 1. The van der Waals surface area contributed by atoms with Crippen molar-refractivity contribution in [3.63, 3.8) is 0 Å². The summed E-state index contributed by atoms with van der Waals surface area (Å²) in [5.41, 5.74) is 3.69. The Kier molecular flexibility index (Phi) is 3.31. The second kappa shape index (κ2) is 5.06. The van der Waals surface area contributed by atoms with Gasteiger partial charge in [-0.15, -0.1) is 0 Å². The van der Waals surface area contributed by atoms with E-state index in [4.69, 9.17) is 19.9 Å². The van der Waals surface area contributed by atoms with Crippen molar-refractivity contribution in [3.05, 3.63) is 23.8 Å². The van der Waals surface area contributed by atoms with Gasteiger partial charge in [-0.2, -0.15) is 10.5 Å². The first-order valence-corrected chi connectivity index (χ1v) is 9.17. The molecule has 1 saturated heterocycles. The van der Waals surface area contributed by atoms with E-state index in [1.54, 1.807) is 26.4 Å². The summed E-state index contributed by atoms with van der Waals surface area (Å²) in [6, 6.07) is 10.1. The van der Waals surface area contributed by atoms with Crippen LogP contribution in [0.15, 0.2) is 18.2 Å². The third-order valence-electron chi connectivity index (χ3n) is 6.17. The second-order valence-electron chi connectivity index (χ2n) is 6.77. The van der Waals surface area contributed by atoms with Crippen molar-refractivity contribution in [2.45, 2.75) is 17.4 Å². The van der Waals surface area contributed by atoms with Gasteiger partial charge < -0.3 is 14.2 Å². The molecular formula is C18H19N4O3S+. The molecule has 3 aliphatic rings. The van der Waals surface area contributed by atoms with Crippen molar-refractivity contribution in [1.29, 1.82) is 10.5 Å². The van der Waals surface area contributed by atoms with E-state index in [0.717, 1.165) is 5.75 Å². The summed E-state index contributed by atoms with van der Waals surface area (Å²) in [5, 5.41) is 19.5. The van der Waals surface area contributed by atoms with Gasteiger partial charge in [0.1, 0.15) is 11.5 Å². The highest BCUT2D eigenvalue weighted by Crippen LogP contribution is 2.84. The lowest BCUT2D eigenvalue weighted by molar-refractivity contribution is -0.584. The highest BCUT2D eigenvalue weighted by Gasteiger charge is 3.02. The first kappa shape index (κ1) is 17.0. The Morgan fingerprint density at radius 1 is 1.27 bits per heavy atom. The number of fused-ring (bicyclic) bond motifs is 2. The van der Waals surface area contributed by atoms with E-state index in [-0.39, 0.29) is 5.84 Å². The second-order valence-corrected chi connectivity index (χ2v) is 8.04. The molecule has 4 atom stereocenters. The predicted octanol–water partition coefficient (Wildman–Crippen LogP) is -0.136. The number of ether oxygens (including phenoxy) is 3. The molecule has 0 bridgehead atoms. The van der Waals surface area contributed by atoms with Crippen molar-refractivity contribution in [2.75, 3.05) is 26.6 Å². The van der Waals surface area contributed by atoms with Gasteiger partial charge in [-0.1, -0.05) is 18.7 Å². The molecule has 1 aliphatic carbocycles. The number of nitrogens with one attached hydrogen (secondary N) is 1. The van der Waals surface area contributed by atoms with Crippen LogP contribution >= 0.6 is 11.8 Å². The van der Waals surface area contributed by atoms with Gasteiger partial charge in [0.15, 0.2) is 10.8 Å². The molecule has 26 heavy (non-hydrogen) atoms. The van der Waals surface area contributed by atoms with Gasteiger partial charge in [0.2, 0.25) is 0 Å². The Balaban J connectivity index is 2.03. The molecule has 0 aromatic heterocycles. The lowest BCUT2D eigenvalue weighted by Crippen LogP contribution is -2.88. The van der Waals surface area contributed by atoms with Gasteiger partial charge in [0, 0.05) is 11.3 Å². The number of nitrogens with zero attached hydrogens (tertiary/aromatic N) is 2. The van der Waals surface area contributed by atoms with Crippen LogP contribution in [-0.4, -0.2) is 37.5 Å². The summed E-state index contributed by atoms with van der Waals surface area (Å²) in [6.45, 7) is 2.37. The van der Waals surface area contributed by atoms with Gasteiger partial charge in [-0.05, 0) is 18.2 Å². The topological polar surface area (TPSA) is 115 Å². The van der Waals surface area contributed by atoms with Gasteiger partial charge in [0.25, 0.3) is 10.9 Å². The number of hydrogen-bond donors (Lipinski definition) is 2. The molecule has 1 aromatic rings. The Bertz CT molecular complexity index is 914. The fraction of sp³-hybridized carbons (Fsp3) is 0.500. The highest BCUT2D eigenvalue weighted by molar-refractivity contribution is 8.00. The molecule has 4 rings (SSSR count). The number of hydrogen-bond acceptors (Lipinski definition) is 7. The van der Waals surface area contributed by atoms with Crippen LogP contribution in [0.2, 0.25) is 0 Å². The molecule has 134 valence electrons. The Morgan fingerprint density at radius 2 is 2.04 bits per heavy atom. The molecule has 1 spiro atoms. The summed E-state index contributed by atoms with van der Waals surface area (Å²) in [6.07, 6.45) is 0. The average Bonchev–Trinajstić information content (AvgIpc) is 2.94. The monoisotopic (exact) mass is 371 g/mol. The van der Waals surface area contributed by atoms with Gasteiger partial charge in [0.05, 0.1) is 38.4 Å². The zero-order valence-corrected chi connectivity index (χ0v) is 15.6. The maximum atomic E-state index is 10.3. The van der Waals surface area contributed by atoms with Crippen LogP contribution in [0.3, 0.4) is 0 Å². The van der Waals surface area contributed by atoms with Gasteiger partial charge in [-0.3, -0.25) is 5.73 Å². The minimum atomic E-state index is -1.23. The molecule has 0 unspecified atom stereocenters. The van der Waals surface area contributed by atoms with Crippen molar-refractivity contribution in [1.82, 2.24) is 0 Å². The third-order valence-corrected chi connectivity index (χ3v) is 7.48. The van der Waals surface area contributed by atoms with E-state index in [1.807, 2.05) is 13.0 Å². The molecule has 0 amide bonds. The fourth-order valence-electron chi connectivity index (χ4n) is 4.97. The molecule has 2 fully saturated rings. The van der Waals surface area contributed by atoms with Crippen LogP contribution in [0.5, 0.6) is 11.5 Å². The number of benzene rings is 1. The van der Waals surface area contributed by atoms with E-state index >= 15 is 0 Å². The van der Waals surface area contributed by atoms with Gasteiger partial charge >= 0.3 is 0 Å². The lowest BCUT2D eigenvalue weighted by Gasteiger charge is -2.28. The van der Waals surface area contributed by atoms with E-state index in [0.29, 0.717) is 23.7 Å². The van der Waals surface area contributed by atoms with Crippen molar-refractivity contribution < 1.29 is 19.2 Å². The highest BCUT2D eigenvalue weighted by atomic mass is 32.2. The van der Waals surface area contributed by atoms with Crippen LogP contribution < -0.4 is 20.2 Å². The lowest BCUT2D eigenvalue weighted by atomic mass is 9.84. The predicted molar refractivity (Wildman–Crippen MR) is 94.3 cm³/mol. The smallest absolute Gasteiger partial charge is 0.278 e. The minimum Gasteiger partial charge on any atom is -0.497 e. The van der Waals surface area contributed by atoms with Crippen LogP contribution in [0.4, 0.5) is 0 Å². The van der Waals surface area contributed by atoms with Crippen LogP contribution in [-0.2, 0) is 10.2 Å². The minimum absolute atomic E-state index is 0.267. The Morgan fingerprint density at radius 3 is 2.58 bits per heavy atom. The number of nitriles is 2. The van der Waals surface area contributed by atoms with E-state index in [9.17, 15) is 10.5 Å². The van der Waals surface area contributed by atoms with Crippen LogP contribution in [0.1, 0.15) is 12.5 Å². The molecule has 7 nitrogen and oxygen atoms in total. The average molecular weight is 371 g/mol. The van der Waals surface area contributed by atoms with Crippen molar-refractivity contribution >= 4 is 17.6 Å².